The Morgan fingerprint density at radius 1 is 1.19 bits per heavy atom. The number of imide groups is 1. The molecule has 2 heterocycles. The van der Waals surface area contributed by atoms with Gasteiger partial charge in [0.25, 0.3) is 0 Å². The van der Waals surface area contributed by atoms with Gasteiger partial charge in [0.2, 0.25) is 5.91 Å². The predicted octanol–water partition coefficient (Wildman–Crippen LogP) is 2.31. The molecule has 2 aliphatic heterocycles. The highest BCUT2D eigenvalue weighted by atomic mass is 16.6. The lowest BCUT2D eigenvalue weighted by molar-refractivity contribution is -0.142. The molecule has 1 aromatic rings. The summed E-state index contributed by atoms with van der Waals surface area (Å²) in [5, 5.41) is 0. The van der Waals surface area contributed by atoms with Crippen LogP contribution < -0.4 is 9.47 Å². The molecule has 0 unspecified atom stereocenters. The molecule has 8 heteroatoms. The average Bonchev–Trinajstić information content (AvgIpc) is 3.23. The lowest BCUT2D eigenvalue weighted by Crippen LogP contribution is -2.45. The Morgan fingerprint density at radius 3 is 2.52 bits per heavy atom. The van der Waals surface area contributed by atoms with E-state index in [0.29, 0.717) is 17.1 Å². The molecule has 0 bridgehead atoms. The summed E-state index contributed by atoms with van der Waals surface area (Å²) in [7, 11) is 3.02. The van der Waals surface area contributed by atoms with Crippen LogP contribution in [-0.4, -0.2) is 49.7 Å². The van der Waals surface area contributed by atoms with Crippen LogP contribution in [-0.2, 0) is 19.1 Å². The fraction of sp³-hybridized carbons (Fsp3) is 0.526. The summed E-state index contributed by atoms with van der Waals surface area (Å²) in [6.07, 6.45) is -1.57. The highest BCUT2D eigenvalue weighted by Crippen LogP contribution is 2.40. The summed E-state index contributed by atoms with van der Waals surface area (Å²) in [5.41, 5.74) is 0.602. The van der Waals surface area contributed by atoms with Gasteiger partial charge in [0.15, 0.2) is 11.5 Å². The first-order chi connectivity index (χ1) is 12.9. The number of hydrogen-bond acceptors (Lipinski definition) is 7. The Labute approximate surface area is 157 Å². The van der Waals surface area contributed by atoms with Crippen molar-refractivity contribution < 1.29 is 33.3 Å². The number of carbonyl (C=O) groups is 3. The maximum Gasteiger partial charge on any atom is 0.416 e. The van der Waals surface area contributed by atoms with Crippen molar-refractivity contribution in [2.24, 2.45) is 11.8 Å². The molecule has 0 N–H and O–H groups in total. The zero-order chi connectivity index (χ0) is 19.7. The number of ether oxygens (including phenoxy) is 4. The molecule has 0 aliphatic carbocycles. The number of esters is 1. The largest absolute Gasteiger partial charge is 0.493 e. The first kappa shape index (κ1) is 19.0. The summed E-state index contributed by atoms with van der Waals surface area (Å²) in [5.74, 6) is -0.717. The lowest BCUT2D eigenvalue weighted by atomic mass is 9.92. The summed E-state index contributed by atoms with van der Waals surface area (Å²) in [4.78, 5) is 38.3. The van der Waals surface area contributed by atoms with Crippen LogP contribution in [0.5, 0.6) is 11.5 Å². The van der Waals surface area contributed by atoms with Crippen molar-refractivity contribution in [1.29, 1.82) is 0 Å². The maximum atomic E-state index is 13.1. The Kier molecular flexibility index (Phi) is 5.25. The van der Waals surface area contributed by atoms with Crippen molar-refractivity contribution in [3.8, 4) is 11.5 Å². The van der Waals surface area contributed by atoms with E-state index in [9.17, 15) is 14.4 Å². The van der Waals surface area contributed by atoms with Crippen LogP contribution in [0.2, 0.25) is 0 Å². The Bertz CT molecular complexity index is 760. The molecule has 2 amide bonds. The molecule has 1 aromatic carbocycles. The molecule has 2 saturated heterocycles. The molecule has 2 fully saturated rings. The second-order valence-electron chi connectivity index (χ2n) is 6.93. The first-order valence-electron chi connectivity index (χ1n) is 8.78. The van der Waals surface area contributed by atoms with Gasteiger partial charge in [0.1, 0.15) is 12.7 Å². The second-order valence-corrected chi connectivity index (χ2v) is 6.93. The molecule has 0 spiro atoms. The smallest absolute Gasteiger partial charge is 0.416 e. The predicted molar refractivity (Wildman–Crippen MR) is 93.3 cm³/mol. The third-order valence-electron chi connectivity index (χ3n) is 4.98. The minimum absolute atomic E-state index is 0.0398. The van der Waals surface area contributed by atoms with Crippen LogP contribution in [0, 0.1) is 11.8 Å². The molecule has 27 heavy (non-hydrogen) atoms. The van der Waals surface area contributed by atoms with E-state index in [1.807, 2.05) is 13.8 Å². The third-order valence-corrected chi connectivity index (χ3v) is 4.98. The quantitative estimate of drug-likeness (QED) is 0.727. The number of benzene rings is 1. The van der Waals surface area contributed by atoms with E-state index < -0.39 is 30.0 Å². The van der Waals surface area contributed by atoms with Crippen molar-refractivity contribution in [2.45, 2.75) is 32.4 Å². The fourth-order valence-electron chi connectivity index (χ4n) is 3.46. The molecular formula is C19H23NO7. The number of amides is 2. The van der Waals surface area contributed by atoms with Gasteiger partial charge in [-0.1, -0.05) is 19.9 Å². The van der Waals surface area contributed by atoms with E-state index in [1.54, 1.807) is 18.2 Å². The van der Waals surface area contributed by atoms with Crippen molar-refractivity contribution in [3.63, 3.8) is 0 Å². The van der Waals surface area contributed by atoms with Gasteiger partial charge in [-0.2, -0.15) is 0 Å². The van der Waals surface area contributed by atoms with E-state index in [0.717, 1.165) is 4.90 Å². The van der Waals surface area contributed by atoms with Crippen LogP contribution in [0.15, 0.2) is 18.2 Å². The van der Waals surface area contributed by atoms with E-state index in [4.69, 9.17) is 18.9 Å². The SMILES string of the molecule is COc1ccc([C@H]2OC(=O)C[C@@H]2C(=O)N2C(=O)OC[C@@H]2C(C)C)cc1OC. The van der Waals surface area contributed by atoms with E-state index in [1.165, 1.54) is 14.2 Å². The van der Waals surface area contributed by atoms with Gasteiger partial charge in [-0.15, -0.1) is 0 Å². The molecular weight excluding hydrogens is 354 g/mol. The molecule has 3 rings (SSSR count). The molecule has 3 atom stereocenters. The van der Waals surface area contributed by atoms with Gasteiger partial charge >= 0.3 is 12.1 Å². The summed E-state index contributed by atoms with van der Waals surface area (Å²) >= 11 is 0. The second kappa shape index (κ2) is 7.46. The fourth-order valence-corrected chi connectivity index (χ4v) is 3.46. The van der Waals surface area contributed by atoms with Crippen LogP contribution in [0.3, 0.4) is 0 Å². The van der Waals surface area contributed by atoms with Gasteiger partial charge in [0, 0.05) is 0 Å². The van der Waals surface area contributed by atoms with Crippen molar-refractivity contribution in [3.05, 3.63) is 23.8 Å². The minimum atomic E-state index is -0.803. The van der Waals surface area contributed by atoms with Gasteiger partial charge in [-0.25, -0.2) is 9.69 Å². The van der Waals surface area contributed by atoms with Crippen molar-refractivity contribution in [1.82, 2.24) is 4.90 Å². The summed E-state index contributed by atoms with van der Waals surface area (Å²) in [6, 6.07) is 4.72. The zero-order valence-electron chi connectivity index (χ0n) is 15.8. The van der Waals surface area contributed by atoms with Crippen molar-refractivity contribution in [2.75, 3.05) is 20.8 Å². The number of cyclic esters (lactones) is 2. The first-order valence-corrected chi connectivity index (χ1v) is 8.78. The number of rotatable bonds is 5. The number of hydrogen-bond donors (Lipinski definition) is 0. The highest BCUT2D eigenvalue weighted by Gasteiger charge is 2.48. The van der Waals surface area contributed by atoms with Gasteiger partial charge < -0.3 is 18.9 Å². The molecule has 0 saturated carbocycles. The molecule has 2 aliphatic rings. The minimum Gasteiger partial charge on any atom is -0.493 e. The standard InChI is InChI=1S/C19H23NO7/c1-10(2)13-9-26-19(23)20(13)18(22)12-8-16(21)27-17(12)11-5-6-14(24-3)15(7-11)25-4/h5-7,10,12-13,17H,8-9H2,1-4H3/t12-,13+,17+/m0/s1. The summed E-state index contributed by atoms with van der Waals surface area (Å²) in [6.45, 7) is 3.98. The van der Waals surface area contributed by atoms with Crippen LogP contribution >= 0.6 is 0 Å². The zero-order valence-corrected chi connectivity index (χ0v) is 15.8. The Balaban J connectivity index is 1.91. The third kappa shape index (κ3) is 3.43. The maximum absolute atomic E-state index is 13.1. The van der Waals surface area contributed by atoms with Crippen LogP contribution in [0.25, 0.3) is 0 Å². The van der Waals surface area contributed by atoms with Crippen LogP contribution in [0.4, 0.5) is 4.79 Å². The molecule has 0 aromatic heterocycles. The van der Waals surface area contributed by atoms with E-state index in [-0.39, 0.29) is 25.0 Å². The molecule has 146 valence electrons. The summed E-state index contributed by atoms with van der Waals surface area (Å²) < 4.78 is 21.0. The molecule has 8 nitrogen and oxygen atoms in total. The monoisotopic (exact) mass is 377 g/mol. The number of carbonyl (C=O) groups excluding carboxylic acids is 3. The van der Waals surface area contributed by atoms with E-state index >= 15 is 0 Å². The average molecular weight is 377 g/mol. The number of methoxy groups -OCH3 is 2. The molecule has 0 radical (unpaired) electrons. The van der Waals surface area contributed by atoms with Gasteiger partial charge in [-0.3, -0.25) is 9.59 Å². The van der Waals surface area contributed by atoms with Crippen molar-refractivity contribution >= 4 is 18.0 Å². The van der Waals surface area contributed by atoms with Gasteiger partial charge in [0.05, 0.1) is 32.6 Å². The van der Waals surface area contributed by atoms with Crippen LogP contribution in [0.1, 0.15) is 31.9 Å². The lowest BCUT2D eigenvalue weighted by Gasteiger charge is -2.26. The Morgan fingerprint density at radius 2 is 1.89 bits per heavy atom. The normalized spacial score (nSPS) is 24.8. The van der Waals surface area contributed by atoms with E-state index in [2.05, 4.69) is 0 Å². The number of nitrogens with zero attached hydrogens (tertiary/aromatic N) is 1. The van der Waals surface area contributed by atoms with Gasteiger partial charge in [-0.05, 0) is 23.6 Å². The Hall–Kier alpha value is -2.77. The topological polar surface area (TPSA) is 91.4 Å². The highest BCUT2D eigenvalue weighted by molar-refractivity contribution is 5.97.